The van der Waals surface area contributed by atoms with Gasteiger partial charge in [-0.2, -0.15) is 5.10 Å². The highest BCUT2D eigenvalue weighted by Crippen LogP contribution is 2.20. The van der Waals surface area contributed by atoms with Crippen molar-refractivity contribution in [3.05, 3.63) is 42.2 Å². The van der Waals surface area contributed by atoms with Crippen molar-refractivity contribution in [1.82, 2.24) is 9.78 Å². The summed E-state index contributed by atoms with van der Waals surface area (Å²) in [6, 6.07) is 6.87. The molecule has 1 aromatic carbocycles. The van der Waals surface area contributed by atoms with Crippen LogP contribution in [0.5, 0.6) is 0 Å². The Labute approximate surface area is 124 Å². The first-order valence-electron chi connectivity index (χ1n) is 6.68. The van der Waals surface area contributed by atoms with Gasteiger partial charge in [-0.25, -0.2) is 8.42 Å². The molecule has 114 valence electrons. The van der Waals surface area contributed by atoms with Crippen LogP contribution in [0.2, 0.25) is 0 Å². The van der Waals surface area contributed by atoms with Crippen molar-refractivity contribution in [2.45, 2.75) is 31.2 Å². The van der Waals surface area contributed by atoms with Crippen molar-refractivity contribution in [2.75, 3.05) is 11.3 Å². The van der Waals surface area contributed by atoms with E-state index in [-0.39, 0.29) is 17.4 Å². The topological polar surface area (TPSA) is 84.2 Å². The molecule has 6 nitrogen and oxygen atoms in total. The van der Waals surface area contributed by atoms with Gasteiger partial charge in [0.2, 0.25) is 0 Å². The summed E-state index contributed by atoms with van der Waals surface area (Å²) in [5, 5.41) is 12.8. The number of nitrogens with zero attached hydrogens (tertiary/aromatic N) is 2. The predicted octanol–water partition coefficient (Wildman–Crippen LogP) is 1.80. The Bertz CT molecular complexity index is 708. The fourth-order valence-corrected chi connectivity index (χ4v) is 2.98. The van der Waals surface area contributed by atoms with Gasteiger partial charge < -0.3 is 5.11 Å². The van der Waals surface area contributed by atoms with Crippen LogP contribution in [0.3, 0.4) is 0 Å². The molecular weight excluding hydrogens is 290 g/mol. The normalized spacial score (nSPS) is 11.8. The monoisotopic (exact) mass is 309 g/mol. The number of benzene rings is 1. The molecule has 0 radical (unpaired) electrons. The van der Waals surface area contributed by atoms with E-state index in [4.69, 9.17) is 5.11 Å². The van der Waals surface area contributed by atoms with Crippen molar-refractivity contribution in [2.24, 2.45) is 0 Å². The minimum atomic E-state index is -3.64. The summed E-state index contributed by atoms with van der Waals surface area (Å²) in [7, 11) is -3.64. The molecule has 0 fully saturated rings. The second-order valence-electron chi connectivity index (χ2n) is 5.05. The van der Waals surface area contributed by atoms with E-state index in [2.05, 4.69) is 9.82 Å². The lowest BCUT2D eigenvalue weighted by Gasteiger charge is -2.09. The number of aliphatic hydroxyl groups is 1. The third kappa shape index (κ3) is 3.83. The molecule has 0 aliphatic heterocycles. The Balaban J connectivity index is 2.23. The average molecular weight is 309 g/mol. The Morgan fingerprint density at radius 1 is 1.38 bits per heavy atom. The predicted molar refractivity (Wildman–Crippen MR) is 80.7 cm³/mol. The number of nitrogens with one attached hydrogen (secondary N) is 1. The molecule has 0 amide bonds. The highest BCUT2D eigenvalue weighted by Gasteiger charge is 2.16. The highest BCUT2D eigenvalue weighted by atomic mass is 32.2. The SMILES string of the molecule is CC(C)c1cccc(S(=O)(=O)Nc2cnn(CCO)c2)c1. The molecule has 2 N–H and O–H groups in total. The lowest BCUT2D eigenvalue weighted by Crippen LogP contribution is -2.13. The van der Waals surface area contributed by atoms with E-state index in [9.17, 15) is 8.42 Å². The van der Waals surface area contributed by atoms with Crippen molar-refractivity contribution in [1.29, 1.82) is 0 Å². The molecule has 0 aliphatic rings. The number of hydrogen-bond donors (Lipinski definition) is 2. The van der Waals surface area contributed by atoms with Crippen LogP contribution in [0, 0.1) is 0 Å². The first kappa shape index (κ1) is 15.5. The van der Waals surface area contributed by atoms with Gasteiger partial charge in [-0.1, -0.05) is 26.0 Å². The lowest BCUT2D eigenvalue weighted by atomic mass is 10.0. The Morgan fingerprint density at radius 3 is 2.81 bits per heavy atom. The molecule has 0 bridgehead atoms. The zero-order valence-electron chi connectivity index (χ0n) is 12.0. The third-order valence-corrected chi connectivity index (χ3v) is 4.43. The number of hydrogen-bond acceptors (Lipinski definition) is 4. The summed E-state index contributed by atoms with van der Waals surface area (Å²) >= 11 is 0. The molecule has 0 saturated heterocycles. The van der Waals surface area contributed by atoms with Crippen LogP contribution in [0.1, 0.15) is 25.3 Å². The Kier molecular flexibility index (Phi) is 4.64. The van der Waals surface area contributed by atoms with Gasteiger partial charge in [0.05, 0.1) is 29.9 Å². The standard InChI is InChI=1S/C14H19N3O3S/c1-11(2)12-4-3-5-14(8-12)21(19,20)16-13-9-15-17(10-13)6-7-18/h3-5,8-11,16,18H,6-7H2,1-2H3. The zero-order valence-corrected chi connectivity index (χ0v) is 12.8. The minimum Gasteiger partial charge on any atom is -0.394 e. The van der Waals surface area contributed by atoms with Gasteiger partial charge in [0, 0.05) is 6.20 Å². The minimum absolute atomic E-state index is 0.0513. The fraction of sp³-hybridized carbons (Fsp3) is 0.357. The van der Waals surface area contributed by atoms with Gasteiger partial charge in [-0.3, -0.25) is 9.40 Å². The highest BCUT2D eigenvalue weighted by molar-refractivity contribution is 7.92. The summed E-state index contributed by atoms with van der Waals surface area (Å²) in [6.45, 7) is 4.30. The van der Waals surface area contributed by atoms with Crippen molar-refractivity contribution in [3.63, 3.8) is 0 Å². The van der Waals surface area contributed by atoms with Gasteiger partial charge in [0.15, 0.2) is 0 Å². The maximum absolute atomic E-state index is 12.3. The number of aliphatic hydroxyl groups excluding tert-OH is 1. The summed E-state index contributed by atoms with van der Waals surface area (Å²) < 4.78 is 28.7. The smallest absolute Gasteiger partial charge is 0.262 e. The van der Waals surface area contributed by atoms with Gasteiger partial charge in [-0.15, -0.1) is 0 Å². The molecule has 0 atom stereocenters. The third-order valence-electron chi connectivity index (χ3n) is 3.05. The largest absolute Gasteiger partial charge is 0.394 e. The molecule has 0 unspecified atom stereocenters. The van der Waals surface area contributed by atoms with Gasteiger partial charge >= 0.3 is 0 Å². The van der Waals surface area contributed by atoms with Crippen molar-refractivity contribution in [3.8, 4) is 0 Å². The fourth-order valence-electron chi connectivity index (χ4n) is 1.90. The first-order chi connectivity index (χ1) is 9.92. The molecule has 2 aromatic rings. The summed E-state index contributed by atoms with van der Waals surface area (Å²) in [5.41, 5.74) is 1.34. The summed E-state index contributed by atoms with van der Waals surface area (Å²) in [6.07, 6.45) is 2.96. The van der Waals surface area contributed by atoms with Crippen molar-refractivity contribution >= 4 is 15.7 Å². The van der Waals surface area contributed by atoms with Gasteiger partial charge in [-0.05, 0) is 23.6 Å². The quantitative estimate of drug-likeness (QED) is 0.852. The van der Waals surface area contributed by atoms with E-state index >= 15 is 0 Å². The molecular formula is C14H19N3O3S. The second kappa shape index (κ2) is 6.28. The molecule has 0 spiro atoms. The van der Waals surface area contributed by atoms with Crippen molar-refractivity contribution < 1.29 is 13.5 Å². The van der Waals surface area contributed by atoms with Crippen LogP contribution < -0.4 is 4.72 Å². The molecule has 1 heterocycles. The summed E-state index contributed by atoms with van der Waals surface area (Å²) in [5.74, 6) is 0.257. The molecule has 2 rings (SSSR count). The van der Waals surface area contributed by atoms with Crippen LogP contribution >= 0.6 is 0 Å². The lowest BCUT2D eigenvalue weighted by molar-refractivity contribution is 0.269. The molecule has 1 aromatic heterocycles. The molecule has 21 heavy (non-hydrogen) atoms. The maximum atomic E-state index is 12.3. The average Bonchev–Trinajstić information content (AvgIpc) is 2.86. The number of aromatic nitrogens is 2. The van der Waals surface area contributed by atoms with E-state index in [1.807, 2.05) is 19.9 Å². The van der Waals surface area contributed by atoms with Gasteiger partial charge in [0.1, 0.15) is 0 Å². The van der Waals surface area contributed by atoms with Gasteiger partial charge in [0.25, 0.3) is 10.0 Å². The van der Waals surface area contributed by atoms with Crippen LogP contribution in [-0.2, 0) is 16.6 Å². The zero-order chi connectivity index (χ0) is 15.5. The number of rotatable bonds is 6. The van der Waals surface area contributed by atoms with Crippen LogP contribution in [0.4, 0.5) is 5.69 Å². The van der Waals surface area contributed by atoms with E-state index < -0.39 is 10.0 Å². The number of sulfonamides is 1. The molecule has 0 aliphatic carbocycles. The van der Waals surface area contributed by atoms with E-state index in [1.54, 1.807) is 24.4 Å². The molecule has 0 saturated carbocycles. The summed E-state index contributed by atoms with van der Waals surface area (Å²) in [4.78, 5) is 0.226. The van der Waals surface area contributed by atoms with E-state index in [0.717, 1.165) is 5.56 Å². The number of anilines is 1. The van der Waals surface area contributed by atoms with E-state index in [1.165, 1.54) is 10.9 Å². The van der Waals surface area contributed by atoms with Crippen LogP contribution in [0.25, 0.3) is 0 Å². The van der Waals surface area contributed by atoms with Crippen LogP contribution in [0.15, 0.2) is 41.6 Å². The Hall–Kier alpha value is -1.86. The van der Waals surface area contributed by atoms with Crippen LogP contribution in [-0.4, -0.2) is 29.9 Å². The van der Waals surface area contributed by atoms with E-state index in [0.29, 0.717) is 12.2 Å². The molecule has 7 heteroatoms. The maximum Gasteiger partial charge on any atom is 0.262 e. The Morgan fingerprint density at radius 2 is 2.14 bits per heavy atom. The second-order valence-corrected chi connectivity index (χ2v) is 6.73. The first-order valence-corrected chi connectivity index (χ1v) is 8.17.